The van der Waals surface area contributed by atoms with E-state index in [9.17, 15) is 35.5 Å². The maximum Gasteiger partial charge on any atom is 0.417 e. The third-order valence-electron chi connectivity index (χ3n) is 4.62. The minimum absolute atomic E-state index is 0.0707. The second-order valence-electron chi connectivity index (χ2n) is 6.70. The van der Waals surface area contributed by atoms with Crippen LogP contribution in [0.25, 0.3) is 11.1 Å². The summed E-state index contributed by atoms with van der Waals surface area (Å²) in [6, 6.07) is 9.98. The molecular formula is C22H14F7NO. The zero-order valence-corrected chi connectivity index (χ0v) is 15.8. The Kier molecular flexibility index (Phi) is 5.80. The van der Waals surface area contributed by atoms with E-state index in [0.29, 0.717) is 18.2 Å². The Labute approximate surface area is 172 Å². The van der Waals surface area contributed by atoms with Gasteiger partial charge in [0.2, 0.25) is 0 Å². The maximum atomic E-state index is 13.6. The van der Waals surface area contributed by atoms with E-state index in [1.165, 1.54) is 49.4 Å². The molecule has 1 N–H and O–H groups in total. The standard InChI is InChI=1S/C22H14F7NO/c1-12-16(3-2-4-19(12)23)20(31)30-15-8-5-13(6-9-15)17-11-14(21(24,25)26)7-10-18(17)22(27,28)29/h2-11H,1H3,(H,30,31). The number of nitrogens with one attached hydrogen (secondary N) is 1. The Morgan fingerprint density at radius 1 is 0.839 bits per heavy atom. The lowest BCUT2D eigenvalue weighted by Gasteiger charge is -2.16. The van der Waals surface area contributed by atoms with Gasteiger partial charge in [-0.1, -0.05) is 18.2 Å². The van der Waals surface area contributed by atoms with Gasteiger partial charge in [0.25, 0.3) is 5.91 Å². The fourth-order valence-electron chi connectivity index (χ4n) is 2.99. The fourth-order valence-corrected chi connectivity index (χ4v) is 2.99. The van der Waals surface area contributed by atoms with Gasteiger partial charge in [-0.15, -0.1) is 0 Å². The predicted molar refractivity (Wildman–Crippen MR) is 101 cm³/mol. The van der Waals surface area contributed by atoms with Gasteiger partial charge < -0.3 is 5.32 Å². The van der Waals surface area contributed by atoms with Crippen LogP contribution in [0.1, 0.15) is 27.0 Å². The van der Waals surface area contributed by atoms with E-state index in [2.05, 4.69) is 5.32 Å². The molecule has 31 heavy (non-hydrogen) atoms. The Bertz CT molecular complexity index is 1120. The second kappa shape index (κ2) is 8.05. The summed E-state index contributed by atoms with van der Waals surface area (Å²) in [5.41, 5.74) is -2.81. The van der Waals surface area contributed by atoms with E-state index < -0.39 is 40.8 Å². The first kappa shape index (κ1) is 22.3. The zero-order valence-electron chi connectivity index (χ0n) is 15.8. The number of amides is 1. The molecule has 0 spiro atoms. The second-order valence-corrected chi connectivity index (χ2v) is 6.70. The summed E-state index contributed by atoms with van der Waals surface area (Å²) < 4.78 is 92.5. The van der Waals surface area contributed by atoms with E-state index in [-0.39, 0.29) is 22.4 Å². The SMILES string of the molecule is Cc1c(F)cccc1C(=O)Nc1ccc(-c2cc(C(F)(F)F)ccc2C(F)(F)F)cc1. The van der Waals surface area contributed by atoms with E-state index in [1.54, 1.807) is 0 Å². The van der Waals surface area contributed by atoms with Crippen molar-refractivity contribution in [3.63, 3.8) is 0 Å². The van der Waals surface area contributed by atoms with E-state index >= 15 is 0 Å². The molecule has 1 amide bonds. The first-order valence-electron chi connectivity index (χ1n) is 8.83. The lowest BCUT2D eigenvalue weighted by atomic mass is 9.96. The van der Waals surface area contributed by atoms with Crippen LogP contribution < -0.4 is 5.32 Å². The molecule has 162 valence electrons. The number of alkyl halides is 6. The van der Waals surface area contributed by atoms with Crippen molar-refractivity contribution < 1.29 is 35.5 Å². The molecular weight excluding hydrogens is 427 g/mol. The highest BCUT2D eigenvalue weighted by Crippen LogP contribution is 2.40. The van der Waals surface area contributed by atoms with Crippen LogP contribution in [0.2, 0.25) is 0 Å². The Morgan fingerprint density at radius 2 is 1.48 bits per heavy atom. The summed E-state index contributed by atoms with van der Waals surface area (Å²) in [5, 5.41) is 2.48. The first-order valence-corrected chi connectivity index (χ1v) is 8.83. The first-order chi connectivity index (χ1) is 14.4. The molecule has 0 bridgehead atoms. The topological polar surface area (TPSA) is 29.1 Å². The average Bonchev–Trinajstić information content (AvgIpc) is 2.69. The van der Waals surface area contributed by atoms with Crippen LogP contribution in [0.5, 0.6) is 0 Å². The summed E-state index contributed by atoms with van der Waals surface area (Å²) in [6.07, 6.45) is -9.67. The molecule has 9 heteroatoms. The molecule has 0 radical (unpaired) electrons. The highest BCUT2D eigenvalue weighted by atomic mass is 19.4. The summed E-state index contributed by atoms with van der Waals surface area (Å²) in [6.45, 7) is 1.42. The Balaban J connectivity index is 1.94. The van der Waals surface area contributed by atoms with Crippen molar-refractivity contribution in [3.8, 4) is 11.1 Å². The van der Waals surface area contributed by atoms with Gasteiger partial charge in [-0.3, -0.25) is 4.79 Å². The molecule has 0 aliphatic heterocycles. The lowest BCUT2D eigenvalue weighted by molar-refractivity contribution is -0.141. The van der Waals surface area contributed by atoms with E-state index in [4.69, 9.17) is 0 Å². The van der Waals surface area contributed by atoms with Crippen LogP contribution in [-0.4, -0.2) is 5.91 Å². The Morgan fingerprint density at radius 3 is 2.06 bits per heavy atom. The quantitative estimate of drug-likeness (QED) is 0.432. The summed E-state index contributed by atoms with van der Waals surface area (Å²) in [7, 11) is 0. The molecule has 3 aromatic carbocycles. The zero-order chi connectivity index (χ0) is 23.0. The maximum absolute atomic E-state index is 13.6. The fraction of sp³-hybridized carbons (Fsp3) is 0.136. The number of carbonyl (C=O) groups excluding carboxylic acids is 1. The van der Waals surface area contributed by atoms with Crippen molar-refractivity contribution in [1.29, 1.82) is 0 Å². The van der Waals surface area contributed by atoms with Crippen LogP contribution in [0, 0.1) is 12.7 Å². The lowest BCUT2D eigenvalue weighted by Crippen LogP contribution is -2.14. The number of hydrogen-bond donors (Lipinski definition) is 1. The number of benzene rings is 3. The highest BCUT2D eigenvalue weighted by Gasteiger charge is 2.37. The number of rotatable bonds is 3. The molecule has 0 fully saturated rings. The third kappa shape index (κ3) is 4.87. The van der Waals surface area contributed by atoms with Crippen LogP contribution >= 0.6 is 0 Å². The Hall–Kier alpha value is -3.36. The van der Waals surface area contributed by atoms with Crippen molar-refractivity contribution in [2.75, 3.05) is 5.32 Å². The minimum atomic E-state index is -4.86. The third-order valence-corrected chi connectivity index (χ3v) is 4.62. The monoisotopic (exact) mass is 441 g/mol. The van der Waals surface area contributed by atoms with Crippen molar-refractivity contribution in [2.24, 2.45) is 0 Å². The predicted octanol–water partition coefficient (Wildman–Crippen LogP) is 7.09. The van der Waals surface area contributed by atoms with Gasteiger partial charge in [-0.25, -0.2) is 4.39 Å². The van der Waals surface area contributed by atoms with E-state index in [0.717, 1.165) is 0 Å². The summed E-state index contributed by atoms with van der Waals surface area (Å²) in [5.74, 6) is -1.22. The van der Waals surface area contributed by atoms with E-state index in [1.807, 2.05) is 0 Å². The largest absolute Gasteiger partial charge is 0.417 e. The minimum Gasteiger partial charge on any atom is -0.322 e. The van der Waals surface area contributed by atoms with Crippen LogP contribution in [0.15, 0.2) is 60.7 Å². The number of carbonyl (C=O) groups is 1. The molecule has 3 aromatic rings. The van der Waals surface area contributed by atoms with Crippen molar-refractivity contribution in [1.82, 2.24) is 0 Å². The molecule has 0 unspecified atom stereocenters. The van der Waals surface area contributed by atoms with Gasteiger partial charge in [-0.05, 0) is 66.1 Å². The molecule has 0 aliphatic carbocycles. The highest BCUT2D eigenvalue weighted by molar-refractivity contribution is 6.05. The average molecular weight is 441 g/mol. The van der Waals surface area contributed by atoms with Crippen molar-refractivity contribution >= 4 is 11.6 Å². The molecule has 0 heterocycles. The summed E-state index contributed by atoms with van der Waals surface area (Å²) >= 11 is 0. The molecule has 2 nitrogen and oxygen atoms in total. The number of halogens is 7. The molecule has 0 aliphatic rings. The van der Waals surface area contributed by atoms with Gasteiger partial charge in [-0.2, -0.15) is 26.3 Å². The molecule has 0 atom stereocenters. The number of anilines is 1. The molecule has 0 aromatic heterocycles. The van der Waals surface area contributed by atoms with Crippen molar-refractivity contribution in [2.45, 2.75) is 19.3 Å². The van der Waals surface area contributed by atoms with Gasteiger partial charge in [0.1, 0.15) is 5.82 Å². The van der Waals surface area contributed by atoms with Gasteiger partial charge in [0.05, 0.1) is 11.1 Å². The van der Waals surface area contributed by atoms with Crippen LogP contribution in [-0.2, 0) is 12.4 Å². The van der Waals surface area contributed by atoms with Crippen LogP contribution in [0.3, 0.4) is 0 Å². The molecule has 3 rings (SSSR count). The molecule has 0 saturated heterocycles. The van der Waals surface area contributed by atoms with Crippen LogP contribution in [0.4, 0.5) is 36.4 Å². The normalized spacial score (nSPS) is 12.0. The van der Waals surface area contributed by atoms with Gasteiger partial charge in [0, 0.05) is 11.3 Å². The molecule has 0 saturated carbocycles. The van der Waals surface area contributed by atoms with Gasteiger partial charge in [0.15, 0.2) is 0 Å². The summed E-state index contributed by atoms with van der Waals surface area (Å²) in [4.78, 5) is 12.3. The van der Waals surface area contributed by atoms with Gasteiger partial charge >= 0.3 is 12.4 Å². The smallest absolute Gasteiger partial charge is 0.322 e. The van der Waals surface area contributed by atoms with Crippen molar-refractivity contribution in [3.05, 3.63) is 88.7 Å². The number of hydrogen-bond acceptors (Lipinski definition) is 1.